The molecule has 0 unspecified atom stereocenters. The molecule has 1 aliphatic rings. The fourth-order valence-electron chi connectivity index (χ4n) is 2.94. The molecular weight excluding hydrogens is 264 g/mol. The van der Waals surface area contributed by atoms with Gasteiger partial charge in [-0.3, -0.25) is 4.40 Å². The summed E-state index contributed by atoms with van der Waals surface area (Å²) in [7, 11) is 2.15. The van der Waals surface area contributed by atoms with Gasteiger partial charge in [0.25, 0.3) is 0 Å². The first-order chi connectivity index (χ1) is 10.2. The van der Waals surface area contributed by atoms with Crippen molar-refractivity contribution in [1.82, 2.24) is 24.5 Å². The molecule has 21 heavy (non-hydrogen) atoms. The van der Waals surface area contributed by atoms with Gasteiger partial charge in [-0.15, -0.1) is 10.2 Å². The minimum absolute atomic E-state index is 0.857. The Labute approximate surface area is 123 Å². The van der Waals surface area contributed by atoms with Gasteiger partial charge in [0.2, 0.25) is 5.65 Å². The van der Waals surface area contributed by atoms with Crippen molar-refractivity contribution in [2.45, 2.75) is 6.92 Å². The predicted molar refractivity (Wildman–Crippen MR) is 82.7 cm³/mol. The Morgan fingerprint density at radius 1 is 1.00 bits per heavy atom. The van der Waals surface area contributed by atoms with E-state index < -0.39 is 0 Å². The van der Waals surface area contributed by atoms with Gasteiger partial charge in [-0.25, -0.2) is 4.98 Å². The molecule has 6 heteroatoms. The highest BCUT2D eigenvalue weighted by atomic mass is 15.3. The zero-order valence-corrected chi connectivity index (χ0v) is 12.3. The van der Waals surface area contributed by atoms with Gasteiger partial charge >= 0.3 is 0 Å². The van der Waals surface area contributed by atoms with Crippen molar-refractivity contribution in [2.75, 3.05) is 38.1 Å². The van der Waals surface area contributed by atoms with Gasteiger partial charge in [0.1, 0.15) is 5.82 Å². The van der Waals surface area contributed by atoms with Gasteiger partial charge in [-0.05, 0) is 26.1 Å². The molecule has 1 aliphatic heterocycles. The van der Waals surface area contributed by atoms with Crippen molar-refractivity contribution in [3.05, 3.63) is 30.1 Å². The number of hydrogen-bond acceptors (Lipinski definition) is 5. The highest BCUT2D eigenvalue weighted by molar-refractivity contribution is 5.83. The quantitative estimate of drug-likeness (QED) is 0.674. The number of hydrogen-bond donors (Lipinski definition) is 0. The second-order valence-corrected chi connectivity index (χ2v) is 5.62. The fourth-order valence-corrected chi connectivity index (χ4v) is 2.94. The normalized spacial score (nSPS) is 17.0. The lowest BCUT2D eigenvalue weighted by Gasteiger charge is -2.33. The van der Waals surface area contributed by atoms with Crippen LogP contribution in [0.2, 0.25) is 0 Å². The zero-order chi connectivity index (χ0) is 14.4. The smallest absolute Gasteiger partial charge is 0.204 e. The second kappa shape index (κ2) is 4.66. The van der Waals surface area contributed by atoms with E-state index in [1.807, 2.05) is 25.1 Å². The van der Waals surface area contributed by atoms with Crippen LogP contribution in [0.25, 0.3) is 16.7 Å². The monoisotopic (exact) mass is 282 g/mol. The van der Waals surface area contributed by atoms with Crippen LogP contribution < -0.4 is 4.90 Å². The average Bonchev–Trinajstić information content (AvgIpc) is 2.90. The van der Waals surface area contributed by atoms with Gasteiger partial charge in [-0.2, -0.15) is 0 Å². The maximum absolute atomic E-state index is 4.85. The maximum atomic E-state index is 4.85. The van der Waals surface area contributed by atoms with E-state index in [-0.39, 0.29) is 0 Å². The van der Waals surface area contributed by atoms with Crippen molar-refractivity contribution in [2.24, 2.45) is 0 Å². The second-order valence-electron chi connectivity index (χ2n) is 5.62. The molecule has 0 radical (unpaired) electrons. The molecule has 1 aromatic carbocycles. The Morgan fingerprint density at radius 2 is 1.76 bits per heavy atom. The molecule has 0 aliphatic carbocycles. The molecule has 6 nitrogen and oxygen atoms in total. The standard InChI is InChI=1S/C15H18N6/c1-11-17-18-15-14(20-9-7-19(2)8-10-20)16-12-5-3-4-6-13(12)21(11)15/h3-6H,7-10H2,1-2H3. The molecule has 3 aromatic rings. The summed E-state index contributed by atoms with van der Waals surface area (Å²) in [4.78, 5) is 9.50. The molecule has 1 fully saturated rings. The van der Waals surface area contributed by atoms with E-state index in [9.17, 15) is 0 Å². The number of likely N-dealkylation sites (N-methyl/N-ethyl adjacent to an activating group) is 1. The summed E-state index contributed by atoms with van der Waals surface area (Å²) < 4.78 is 2.11. The van der Waals surface area contributed by atoms with Crippen molar-refractivity contribution in [1.29, 1.82) is 0 Å². The first-order valence-corrected chi connectivity index (χ1v) is 7.28. The molecule has 108 valence electrons. The van der Waals surface area contributed by atoms with Crippen LogP contribution in [0.1, 0.15) is 5.82 Å². The number of rotatable bonds is 1. The lowest BCUT2D eigenvalue weighted by atomic mass is 10.2. The number of para-hydroxylation sites is 2. The highest BCUT2D eigenvalue weighted by Crippen LogP contribution is 2.24. The van der Waals surface area contributed by atoms with Crippen LogP contribution in [0.15, 0.2) is 24.3 Å². The third kappa shape index (κ3) is 1.94. The van der Waals surface area contributed by atoms with E-state index >= 15 is 0 Å². The van der Waals surface area contributed by atoms with Crippen molar-refractivity contribution in [3.63, 3.8) is 0 Å². The molecule has 4 rings (SSSR count). The zero-order valence-electron chi connectivity index (χ0n) is 12.3. The third-order valence-corrected chi connectivity index (χ3v) is 4.18. The molecule has 0 bridgehead atoms. The summed E-state index contributed by atoms with van der Waals surface area (Å²) in [6.07, 6.45) is 0. The molecule has 0 N–H and O–H groups in total. The summed E-state index contributed by atoms with van der Waals surface area (Å²) in [5.41, 5.74) is 2.91. The van der Waals surface area contributed by atoms with Gasteiger partial charge in [-0.1, -0.05) is 12.1 Å². The van der Waals surface area contributed by atoms with Crippen molar-refractivity contribution in [3.8, 4) is 0 Å². The number of aromatic nitrogens is 4. The van der Waals surface area contributed by atoms with Crippen molar-refractivity contribution < 1.29 is 0 Å². The highest BCUT2D eigenvalue weighted by Gasteiger charge is 2.21. The number of aryl methyl sites for hydroxylation is 1. The largest absolute Gasteiger partial charge is 0.351 e. The molecule has 0 amide bonds. The van der Waals surface area contributed by atoms with E-state index in [1.165, 1.54) is 0 Å². The SMILES string of the molecule is Cc1nnc2c(N3CCN(C)CC3)nc3ccccc3n12. The van der Waals surface area contributed by atoms with Gasteiger partial charge < -0.3 is 9.80 Å². The van der Waals surface area contributed by atoms with Gasteiger partial charge in [0.05, 0.1) is 11.0 Å². The van der Waals surface area contributed by atoms with Crippen LogP contribution in [0.5, 0.6) is 0 Å². The Hall–Kier alpha value is -2.21. The molecule has 0 spiro atoms. The Morgan fingerprint density at radius 3 is 2.57 bits per heavy atom. The van der Waals surface area contributed by atoms with Crippen LogP contribution in [-0.2, 0) is 0 Å². The van der Waals surface area contributed by atoms with E-state index in [4.69, 9.17) is 4.98 Å². The minimum atomic E-state index is 0.857. The summed E-state index contributed by atoms with van der Waals surface area (Å²) in [6, 6.07) is 8.17. The molecule has 3 heterocycles. The molecule has 2 aromatic heterocycles. The van der Waals surface area contributed by atoms with E-state index in [1.54, 1.807) is 0 Å². The van der Waals surface area contributed by atoms with Gasteiger partial charge in [0, 0.05) is 26.2 Å². The number of fused-ring (bicyclic) bond motifs is 3. The molecular formula is C15H18N6. The minimum Gasteiger partial charge on any atom is -0.351 e. The number of nitrogens with zero attached hydrogens (tertiary/aromatic N) is 6. The molecule has 1 saturated heterocycles. The lowest BCUT2D eigenvalue weighted by Crippen LogP contribution is -2.45. The molecule has 0 atom stereocenters. The van der Waals surface area contributed by atoms with Crippen LogP contribution in [-0.4, -0.2) is 57.7 Å². The first kappa shape index (κ1) is 12.5. The van der Waals surface area contributed by atoms with Crippen LogP contribution in [0.3, 0.4) is 0 Å². The topological polar surface area (TPSA) is 49.6 Å². The Kier molecular flexibility index (Phi) is 2.78. The lowest BCUT2D eigenvalue weighted by molar-refractivity contribution is 0.312. The van der Waals surface area contributed by atoms with E-state index in [0.717, 1.165) is 54.5 Å². The predicted octanol–water partition coefficient (Wildman–Crippen LogP) is 1.34. The van der Waals surface area contributed by atoms with Crippen LogP contribution in [0, 0.1) is 6.92 Å². The van der Waals surface area contributed by atoms with Crippen LogP contribution >= 0.6 is 0 Å². The fraction of sp³-hybridized carbons (Fsp3) is 0.400. The number of anilines is 1. The van der Waals surface area contributed by atoms with Crippen molar-refractivity contribution >= 4 is 22.5 Å². The maximum Gasteiger partial charge on any atom is 0.204 e. The van der Waals surface area contributed by atoms with Gasteiger partial charge in [0.15, 0.2) is 5.82 Å². The Balaban J connectivity index is 1.95. The van der Waals surface area contributed by atoms with Crippen LogP contribution in [0.4, 0.5) is 5.82 Å². The summed E-state index contributed by atoms with van der Waals surface area (Å²) in [5.74, 6) is 1.85. The third-order valence-electron chi connectivity index (χ3n) is 4.18. The van der Waals surface area contributed by atoms with E-state index in [2.05, 4.69) is 37.5 Å². The molecule has 0 saturated carbocycles. The van der Waals surface area contributed by atoms with E-state index in [0.29, 0.717) is 0 Å². The first-order valence-electron chi connectivity index (χ1n) is 7.28. The Bertz CT molecular complexity index is 800. The summed E-state index contributed by atoms with van der Waals surface area (Å²) in [6.45, 7) is 6.04. The number of benzene rings is 1. The average molecular weight is 282 g/mol. The number of piperazine rings is 1. The summed E-state index contributed by atoms with van der Waals surface area (Å²) in [5, 5.41) is 8.61. The summed E-state index contributed by atoms with van der Waals surface area (Å²) >= 11 is 0.